The molecule has 1 unspecified atom stereocenters. The van der Waals surface area contributed by atoms with Crippen molar-refractivity contribution in [1.29, 1.82) is 0 Å². The number of hydrogen-bond donors (Lipinski definition) is 0. The second kappa shape index (κ2) is 7.27. The van der Waals surface area contributed by atoms with Gasteiger partial charge in [-0.3, -0.25) is 4.99 Å². The van der Waals surface area contributed by atoms with Crippen LogP contribution in [0.1, 0.15) is 30.9 Å². The third-order valence-electron chi connectivity index (χ3n) is 4.95. The predicted octanol–water partition coefficient (Wildman–Crippen LogP) is 5.40. The predicted molar refractivity (Wildman–Crippen MR) is 106 cm³/mol. The lowest BCUT2D eigenvalue weighted by atomic mass is 9.99. The molecule has 0 spiro atoms. The normalized spacial score (nSPS) is 20.7. The van der Waals surface area contributed by atoms with Crippen molar-refractivity contribution in [3.05, 3.63) is 64.1 Å². The van der Waals surface area contributed by atoms with Gasteiger partial charge in [0.1, 0.15) is 0 Å². The smallest absolute Gasteiger partial charge is 0.201 e. The minimum atomic E-state index is 0.357. The zero-order chi connectivity index (χ0) is 17.2. The highest BCUT2D eigenvalue weighted by Crippen LogP contribution is 2.39. The van der Waals surface area contributed by atoms with Gasteiger partial charge in [0.2, 0.25) is 5.96 Å². The van der Waals surface area contributed by atoms with E-state index in [1.165, 1.54) is 5.56 Å². The third-order valence-corrected chi connectivity index (χ3v) is 5.56. The van der Waals surface area contributed by atoms with Crippen molar-refractivity contribution in [2.75, 3.05) is 24.5 Å². The number of benzene rings is 2. The van der Waals surface area contributed by atoms with Crippen molar-refractivity contribution in [2.45, 2.75) is 25.3 Å². The van der Waals surface area contributed by atoms with E-state index < -0.39 is 0 Å². The summed E-state index contributed by atoms with van der Waals surface area (Å²) in [5, 5.41) is 1.36. The lowest BCUT2D eigenvalue weighted by Crippen LogP contribution is -2.52. The van der Waals surface area contributed by atoms with E-state index in [1.54, 1.807) is 0 Å². The van der Waals surface area contributed by atoms with Crippen LogP contribution in [-0.2, 0) is 0 Å². The standard InChI is InChI=1S/C20H21Cl2N3/c21-16-9-6-10-17(22)19(16)25-14-11-18(15-7-2-1-3-8-15)24-13-5-4-12-23-20(24)25/h1-3,6-10,18H,4-5,11-14H2. The highest BCUT2D eigenvalue weighted by atomic mass is 35.5. The van der Waals surface area contributed by atoms with Crippen LogP contribution in [0.2, 0.25) is 10.0 Å². The number of anilines is 1. The monoisotopic (exact) mass is 373 g/mol. The molecule has 4 rings (SSSR count). The molecule has 3 nitrogen and oxygen atoms in total. The summed E-state index contributed by atoms with van der Waals surface area (Å²) in [4.78, 5) is 9.55. The average Bonchev–Trinajstić information content (AvgIpc) is 2.88. The molecule has 0 bridgehead atoms. The van der Waals surface area contributed by atoms with Gasteiger partial charge in [-0.15, -0.1) is 0 Å². The maximum atomic E-state index is 6.49. The van der Waals surface area contributed by atoms with Crippen LogP contribution in [0.4, 0.5) is 5.69 Å². The molecular weight excluding hydrogens is 353 g/mol. The van der Waals surface area contributed by atoms with E-state index in [1.807, 2.05) is 18.2 Å². The van der Waals surface area contributed by atoms with Crippen molar-refractivity contribution in [3.8, 4) is 0 Å². The number of guanidine groups is 1. The molecule has 2 heterocycles. The SMILES string of the molecule is Clc1cccc(Cl)c1N1CCC(c2ccccc2)N2CCCCN=C12. The molecule has 1 fully saturated rings. The summed E-state index contributed by atoms with van der Waals surface area (Å²) in [7, 11) is 0. The van der Waals surface area contributed by atoms with Gasteiger partial charge in [-0.05, 0) is 37.0 Å². The number of aliphatic imine (C=N–C) groups is 1. The maximum Gasteiger partial charge on any atom is 0.201 e. The van der Waals surface area contributed by atoms with Gasteiger partial charge >= 0.3 is 0 Å². The summed E-state index contributed by atoms with van der Waals surface area (Å²) in [6, 6.07) is 16.8. The summed E-state index contributed by atoms with van der Waals surface area (Å²) in [6.45, 7) is 2.72. The summed E-state index contributed by atoms with van der Waals surface area (Å²) in [5.74, 6) is 1.01. The first-order valence-corrected chi connectivity index (χ1v) is 9.59. The molecule has 0 saturated carbocycles. The van der Waals surface area contributed by atoms with E-state index in [0.717, 1.165) is 50.5 Å². The number of halogens is 2. The first kappa shape index (κ1) is 16.7. The summed E-state index contributed by atoms with van der Waals surface area (Å²) < 4.78 is 0. The van der Waals surface area contributed by atoms with Gasteiger partial charge in [0.25, 0.3) is 0 Å². The van der Waals surface area contributed by atoms with Gasteiger partial charge in [0, 0.05) is 19.6 Å². The number of fused-ring (bicyclic) bond motifs is 1. The number of nitrogens with zero attached hydrogens (tertiary/aromatic N) is 3. The lowest BCUT2D eigenvalue weighted by molar-refractivity contribution is 0.278. The fourth-order valence-corrected chi connectivity index (χ4v) is 4.39. The van der Waals surface area contributed by atoms with Gasteiger partial charge in [-0.2, -0.15) is 0 Å². The summed E-state index contributed by atoms with van der Waals surface area (Å²) in [5.41, 5.74) is 2.23. The Balaban J connectivity index is 1.74. The Labute approximate surface area is 158 Å². The Hall–Kier alpha value is -1.71. The van der Waals surface area contributed by atoms with E-state index in [2.05, 4.69) is 40.1 Å². The lowest BCUT2D eigenvalue weighted by Gasteiger charge is -2.44. The summed E-state index contributed by atoms with van der Waals surface area (Å²) in [6.07, 6.45) is 3.29. The minimum Gasteiger partial charge on any atom is -0.335 e. The van der Waals surface area contributed by atoms with Crippen molar-refractivity contribution >= 4 is 34.8 Å². The first-order chi connectivity index (χ1) is 12.3. The minimum absolute atomic E-state index is 0.357. The number of rotatable bonds is 2. The van der Waals surface area contributed by atoms with Crippen LogP contribution in [0.5, 0.6) is 0 Å². The van der Waals surface area contributed by atoms with E-state index in [0.29, 0.717) is 16.1 Å². The quantitative estimate of drug-likeness (QED) is 0.701. The Morgan fingerprint density at radius 1 is 0.880 bits per heavy atom. The highest BCUT2D eigenvalue weighted by molar-refractivity contribution is 6.40. The molecule has 1 atom stereocenters. The Morgan fingerprint density at radius 2 is 1.64 bits per heavy atom. The van der Waals surface area contributed by atoms with Crippen LogP contribution in [0.3, 0.4) is 0 Å². The van der Waals surface area contributed by atoms with Crippen molar-refractivity contribution < 1.29 is 0 Å². The van der Waals surface area contributed by atoms with Crippen LogP contribution in [0.25, 0.3) is 0 Å². The van der Waals surface area contributed by atoms with Crippen molar-refractivity contribution in [2.24, 2.45) is 4.99 Å². The average molecular weight is 374 g/mol. The molecule has 1 saturated heterocycles. The molecular formula is C20H21Cl2N3. The number of para-hydroxylation sites is 1. The summed E-state index contributed by atoms with van der Waals surface area (Å²) >= 11 is 13.0. The molecule has 2 aromatic rings. The Bertz CT molecular complexity index is 756. The van der Waals surface area contributed by atoms with Crippen molar-refractivity contribution in [1.82, 2.24) is 4.90 Å². The zero-order valence-corrected chi connectivity index (χ0v) is 15.5. The van der Waals surface area contributed by atoms with Crippen LogP contribution >= 0.6 is 23.2 Å². The second-order valence-corrected chi connectivity index (χ2v) is 7.33. The van der Waals surface area contributed by atoms with Crippen LogP contribution in [0, 0.1) is 0 Å². The number of hydrogen-bond acceptors (Lipinski definition) is 3. The maximum absolute atomic E-state index is 6.49. The van der Waals surface area contributed by atoms with Gasteiger partial charge in [0.15, 0.2) is 0 Å². The van der Waals surface area contributed by atoms with Gasteiger partial charge in [-0.25, -0.2) is 0 Å². The fourth-order valence-electron chi connectivity index (χ4n) is 3.79. The van der Waals surface area contributed by atoms with Gasteiger partial charge < -0.3 is 9.80 Å². The fraction of sp³-hybridized carbons (Fsp3) is 0.350. The molecule has 0 radical (unpaired) electrons. The Kier molecular flexibility index (Phi) is 4.87. The van der Waals surface area contributed by atoms with Crippen LogP contribution < -0.4 is 4.90 Å². The third kappa shape index (κ3) is 3.23. The first-order valence-electron chi connectivity index (χ1n) is 8.83. The van der Waals surface area contributed by atoms with E-state index >= 15 is 0 Å². The van der Waals surface area contributed by atoms with E-state index in [4.69, 9.17) is 28.2 Å². The highest BCUT2D eigenvalue weighted by Gasteiger charge is 2.35. The molecule has 0 amide bonds. The molecule has 5 heteroatoms. The van der Waals surface area contributed by atoms with Crippen molar-refractivity contribution in [3.63, 3.8) is 0 Å². The molecule has 0 N–H and O–H groups in total. The molecule has 2 aliphatic heterocycles. The van der Waals surface area contributed by atoms with Crippen LogP contribution in [0.15, 0.2) is 53.5 Å². The van der Waals surface area contributed by atoms with E-state index in [9.17, 15) is 0 Å². The van der Waals surface area contributed by atoms with Gasteiger partial charge in [-0.1, -0.05) is 59.6 Å². The van der Waals surface area contributed by atoms with E-state index in [-0.39, 0.29) is 0 Å². The molecule has 2 aliphatic rings. The molecule has 0 aromatic heterocycles. The van der Waals surface area contributed by atoms with Gasteiger partial charge in [0.05, 0.1) is 21.8 Å². The Morgan fingerprint density at radius 3 is 2.40 bits per heavy atom. The second-order valence-electron chi connectivity index (χ2n) is 6.52. The topological polar surface area (TPSA) is 18.8 Å². The largest absolute Gasteiger partial charge is 0.335 e. The zero-order valence-electron chi connectivity index (χ0n) is 14.0. The molecule has 130 valence electrons. The van der Waals surface area contributed by atoms with Crippen LogP contribution in [-0.4, -0.2) is 30.5 Å². The molecule has 25 heavy (non-hydrogen) atoms. The molecule has 0 aliphatic carbocycles. The molecule has 2 aromatic carbocycles.